The molecule has 0 unspecified atom stereocenters. The maximum Gasteiger partial charge on any atom is 2.00 e. The number of hydrogen-bond acceptors (Lipinski definition) is 4. The van der Waals surface area contributed by atoms with Gasteiger partial charge in [-0.05, 0) is 25.1 Å². The molecule has 8 heteroatoms. The molecule has 0 fully saturated rings. The number of para-hydroxylation sites is 1. The third-order valence-corrected chi connectivity index (χ3v) is 5.77. The Bertz CT molecular complexity index is 1230. The van der Waals surface area contributed by atoms with Crippen molar-refractivity contribution in [2.24, 2.45) is 5.10 Å². The van der Waals surface area contributed by atoms with Gasteiger partial charge in [-0.25, -0.2) is 20.6 Å². The normalized spacial score (nSPS) is 10.6. The Labute approximate surface area is 204 Å². The molecule has 0 heterocycles. The quantitative estimate of drug-likeness (QED) is 0.174. The molecule has 0 aliphatic carbocycles. The molecular weight excluding hydrogens is 478 g/mol. The van der Waals surface area contributed by atoms with Gasteiger partial charge in [-0.15, -0.1) is 6.07 Å². The van der Waals surface area contributed by atoms with E-state index in [4.69, 9.17) is 0 Å². The van der Waals surface area contributed by atoms with Gasteiger partial charge in [0.2, 0.25) is 0 Å². The third-order valence-electron chi connectivity index (χ3n) is 4.39. The summed E-state index contributed by atoms with van der Waals surface area (Å²) in [6.07, 6.45) is 1.40. The molecule has 6 nitrogen and oxygen atoms in total. The number of nitrogens with zero attached hydrogens (tertiary/aromatic N) is 1. The van der Waals surface area contributed by atoms with E-state index in [1.54, 1.807) is 72.8 Å². The van der Waals surface area contributed by atoms with Crippen LogP contribution in [-0.2, 0) is 27.1 Å². The number of aryl methyl sites for hydroxylation is 1. The molecule has 33 heavy (non-hydrogen) atoms. The number of amides is 1. The van der Waals surface area contributed by atoms with Crippen molar-refractivity contribution in [2.45, 2.75) is 11.8 Å². The molecule has 4 rings (SSSR count). The van der Waals surface area contributed by atoms with Crippen LogP contribution in [0.2, 0.25) is 0 Å². The Morgan fingerprint density at radius 2 is 1.61 bits per heavy atom. The molecule has 0 spiro atoms. The summed E-state index contributed by atoms with van der Waals surface area (Å²) >= 11 is 0. The largest absolute Gasteiger partial charge is 2.00 e. The van der Waals surface area contributed by atoms with E-state index >= 15 is 0 Å². The fourth-order valence-corrected chi connectivity index (χ4v) is 3.78. The zero-order valence-electron chi connectivity index (χ0n) is 17.8. The fourth-order valence-electron chi connectivity index (χ4n) is 2.69. The van der Waals surface area contributed by atoms with Crippen LogP contribution >= 0.6 is 0 Å². The molecular formula is C25H23FeN3O3S. The zero-order valence-corrected chi connectivity index (χ0v) is 19.7. The van der Waals surface area contributed by atoms with Gasteiger partial charge in [-0.2, -0.15) is 41.5 Å². The van der Waals surface area contributed by atoms with Crippen molar-refractivity contribution in [3.63, 3.8) is 0 Å². The first-order chi connectivity index (χ1) is 15.5. The van der Waals surface area contributed by atoms with Gasteiger partial charge < -0.3 is 4.79 Å². The van der Waals surface area contributed by atoms with Crippen LogP contribution in [-0.4, -0.2) is 20.5 Å². The Kier molecular flexibility index (Phi) is 9.82. The first kappa shape index (κ1) is 25.8. The van der Waals surface area contributed by atoms with Crippen LogP contribution in [0.25, 0.3) is 0 Å². The monoisotopic (exact) mass is 501 g/mol. The number of carbonyl (C=O) groups is 1. The molecule has 0 saturated carbocycles. The second-order valence-corrected chi connectivity index (χ2v) is 8.52. The Morgan fingerprint density at radius 1 is 0.909 bits per heavy atom. The predicted molar refractivity (Wildman–Crippen MR) is 128 cm³/mol. The zero-order chi connectivity index (χ0) is 22.8. The molecule has 0 aliphatic heterocycles. The number of sulfonamides is 1. The average molecular weight is 501 g/mol. The first-order valence-electron chi connectivity index (χ1n) is 9.86. The summed E-state index contributed by atoms with van der Waals surface area (Å²) in [7, 11) is -3.73. The molecule has 0 bridgehead atoms. The van der Waals surface area contributed by atoms with Crippen molar-refractivity contribution >= 4 is 27.8 Å². The number of nitrogens with one attached hydrogen (secondary N) is 2. The van der Waals surface area contributed by atoms with Gasteiger partial charge in [-0.3, -0.25) is 10.1 Å². The van der Waals surface area contributed by atoms with E-state index in [1.807, 2.05) is 37.3 Å². The number of anilines is 1. The van der Waals surface area contributed by atoms with Gasteiger partial charge in [0.05, 0.1) is 16.8 Å². The topological polar surface area (TPSA) is 87.6 Å². The number of rotatable bonds is 6. The molecule has 0 radical (unpaired) electrons. The molecule has 1 amide bonds. The Balaban J connectivity index is 0.000000568. The van der Waals surface area contributed by atoms with E-state index in [9.17, 15) is 13.2 Å². The van der Waals surface area contributed by atoms with Crippen molar-refractivity contribution in [1.82, 2.24) is 5.43 Å². The molecule has 4 aromatic carbocycles. The summed E-state index contributed by atoms with van der Waals surface area (Å²) in [6, 6.07) is 30.2. The molecule has 0 atom stereocenters. The summed E-state index contributed by atoms with van der Waals surface area (Å²) in [5.74, 6) is -0.339. The van der Waals surface area contributed by atoms with Crippen molar-refractivity contribution in [2.75, 3.05) is 4.72 Å². The maximum absolute atomic E-state index is 12.6. The molecule has 170 valence electrons. The van der Waals surface area contributed by atoms with Crippen LogP contribution in [0.3, 0.4) is 0 Å². The molecule has 2 N–H and O–H groups in total. The summed E-state index contributed by atoms with van der Waals surface area (Å²) in [4.78, 5) is 12.1. The van der Waals surface area contributed by atoms with Crippen molar-refractivity contribution in [1.29, 1.82) is 0 Å². The average Bonchev–Trinajstić information content (AvgIpc) is 3.52. The number of hydrazone groups is 1. The van der Waals surface area contributed by atoms with Crippen molar-refractivity contribution < 1.29 is 30.3 Å². The summed E-state index contributed by atoms with van der Waals surface area (Å²) in [5.41, 5.74) is 4.78. The smallest absolute Gasteiger partial charge is 0.326 e. The van der Waals surface area contributed by atoms with E-state index in [0.717, 1.165) is 5.56 Å². The SMILES string of the molecule is Cc1ccc(S(=O)(=O)Nc2ccccc2/C=N/NC(=O)c2ccc[cH-]2)cc1.[Fe+2].c1cc[cH-]c1. The molecule has 0 aliphatic rings. The molecule has 0 aromatic heterocycles. The molecule has 0 saturated heterocycles. The van der Waals surface area contributed by atoms with E-state index in [-0.39, 0.29) is 27.9 Å². The van der Waals surface area contributed by atoms with E-state index in [2.05, 4.69) is 15.2 Å². The van der Waals surface area contributed by atoms with Gasteiger partial charge in [0.25, 0.3) is 10.0 Å². The van der Waals surface area contributed by atoms with E-state index in [1.165, 1.54) is 6.21 Å². The number of hydrogen-bond donors (Lipinski definition) is 2. The summed E-state index contributed by atoms with van der Waals surface area (Å²) < 4.78 is 27.7. The summed E-state index contributed by atoms with van der Waals surface area (Å²) in [5, 5.41) is 3.91. The standard InChI is InChI=1S/C20H18N3O3S.C5H5.Fe/c1-15-10-12-18(13-11-15)27(25,26)23-19-9-5-4-8-17(19)14-21-22-20(24)16-6-2-3-7-16;1-2-4-5-3-1;/h2-14,23H,1H3,(H,22,24);1-5H;/q2*-1;+2/b21-14+;;. The molecule has 4 aromatic rings. The van der Waals surface area contributed by atoms with E-state index < -0.39 is 10.0 Å². The first-order valence-corrected chi connectivity index (χ1v) is 11.3. The third kappa shape index (κ3) is 7.88. The van der Waals surface area contributed by atoms with Crippen molar-refractivity contribution in [3.8, 4) is 0 Å². The minimum atomic E-state index is -3.73. The maximum atomic E-state index is 12.6. The minimum Gasteiger partial charge on any atom is -0.326 e. The van der Waals surface area contributed by atoms with Crippen LogP contribution in [0.1, 0.15) is 21.5 Å². The second kappa shape index (κ2) is 12.6. The predicted octanol–water partition coefficient (Wildman–Crippen LogP) is 4.68. The number of carbonyl (C=O) groups excluding carboxylic acids is 1. The van der Waals surface area contributed by atoms with Crippen LogP contribution in [0.4, 0.5) is 5.69 Å². The van der Waals surface area contributed by atoms with E-state index in [0.29, 0.717) is 16.8 Å². The van der Waals surface area contributed by atoms with Crippen LogP contribution in [0.5, 0.6) is 0 Å². The second-order valence-electron chi connectivity index (χ2n) is 6.84. The van der Waals surface area contributed by atoms with Gasteiger partial charge in [0, 0.05) is 5.56 Å². The minimum absolute atomic E-state index is 0. The summed E-state index contributed by atoms with van der Waals surface area (Å²) in [6.45, 7) is 1.89. The Morgan fingerprint density at radius 3 is 2.21 bits per heavy atom. The van der Waals surface area contributed by atoms with Gasteiger partial charge in [0.1, 0.15) is 0 Å². The van der Waals surface area contributed by atoms with Crippen LogP contribution in [0, 0.1) is 6.92 Å². The van der Waals surface area contributed by atoms with Crippen LogP contribution < -0.4 is 10.1 Å². The fraction of sp³-hybridized carbons (Fsp3) is 0.0400. The van der Waals surface area contributed by atoms with Crippen molar-refractivity contribution in [3.05, 3.63) is 120 Å². The van der Waals surface area contributed by atoms with Gasteiger partial charge in [0.15, 0.2) is 5.91 Å². The van der Waals surface area contributed by atoms with Crippen LogP contribution in [0.15, 0.2) is 113 Å². The van der Waals surface area contributed by atoms with Gasteiger partial charge in [-0.1, -0.05) is 41.5 Å². The Hall–Kier alpha value is -3.45. The van der Waals surface area contributed by atoms with Gasteiger partial charge >= 0.3 is 17.1 Å². The number of benzene rings is 2.